The Bertz CT molecular complexity index is 266. The summed E-state index contributed by atoms with van der Waals surface area (Å²) >= 11 is 0. The third kappa shape index (κ3) is 4.25. The highest BCUT2D eigenvalue weighted by molar-refractivity contribution is 5.78. The fraction of sp³-hybridized carbons (Fsp3) is 0.929. The molecule has 2 rings (SSSR count). The van der Waals surface area contributed by atoms with Crippen LogP contribution in [0.15, 0.2) is 0 Å². The first-order chi connectivity index (χ1) is 8.68. The van der Waals surface area contributed by atoms with Gasteiger partial charge in [0.05, 0.1) is 6.54 Å². The summed E-state index contributed by atoms with van der Waals surface area (Å²) in [5.74, 6) is 0.210. The van der Waals surface area contributed by atoms with Crippen LogP contribution in [0, 0.1) is 0 Å². The first-order valence-electron chi connectivity index (χ1n) is 7.42. The first-order valence-corrected chi connectivity index (χ1v) is 7.42. The lowest BCUT2D eigenvalue weighted by Gasteiger charge is -2.35. The van der Waals surface area contributed by atoms with Crippen molar-refractivity contribution in [2.75, 3.05) is 32.7 Å². The van der Waals surface area contributed by atoms with Gasteiger partial charge in [-0.3, -0.25) is 9.69 Å². The van der Waals surface area contributed by atoms with Gasteiger partial charge in [0.15, 0.2) is 0 Å². The molecular formula is C14H27N3O. The molecule has 0 aromatic rings. The Morgan fingerprint density at radius 1 is 1.17 bits per heavy atom. The van der Waals surface area contributed by atoms with Gasteiger partial charge < -0.3 is 10.6 Å². The van der Waals surface area contributed by atoms with E-state index < -0.39 is 0 Å². The summed E-state index contributed by atoms with van der Waals surface area (Å²) in [5.41, 5.74) is 0.0550. The number of hydrogen-bond acceptors (Lipinski definition) is 3. The Balaban J connectivity index is 1.76. The third-order valence-electron chi connectivity index (χ3n) is 4.20. The van der Waals surface area contributed by atoms with Gasteiger partial charge in [0.2, 0.25) is 5.91 Å². The van der Waals surface area contributed by atoms with E-state index in [0.717, 1.165) is 45.4 Å². The monoisotopic (exact) mass is 253 g/mol. The molecule has 2 fully saturated rings. The van der Waals surface area contributed by atoms with E-state index in [1.54, 1.807) is 0 Å². The lowest BCUT2D eigenvalue weighted by molar-refractivity contribution is -0.124. The molecule has 2 aliphatic rings. The fourth-order valence-electron chi connectivity index (χ4n) is 3.10. The maximum Gasteiger partial charge on any atom is 0.234 e. The van der Waals surface area contributed by atoms with Gasteiger partial charge in [-0.2, -0.15) is 0 Å². The normalized spacial score (nSPS) is 25.4. The summed E-state index contributed by atoms with van der Waals surface area (Å²) in [7, 11) is 0. The second-order valence-electron chi connectivity index (χ2n) is 6.05. The van der Waals surface area contributed by atoms with Crippen molar-refractivity contribution in [2.45, 2.75) is 51.0 Å². The van der Waals surface area contributed by atoms with Crippen molar-refractivity contribution in [1.82, 2.24) is 15.5 Å². The van der Waals surface area contributed by atoms with E-state index in [2.05, 4.69) is 22.5 Å². The van der Waals surface area contributed by atoms with Crippen LogP contribution in [-0.2, 0) is 4.79 Å². The van der Waals surface area contributed by atoms with E-state index in [9.17, 15) is 4.79 Å². The van der Waals surface area contributed by atoms with Crippen molar-refractivity contribution in [3.05, 3.63) is 0 Å². The highest BCUT2D eigenvalue weighted by Crippen LogP contribution is 2.27. The van der Waals surface area contributed by atoms with Crippen molar-refractivity contribution in [2.24, 2.45) is 0 Å². The summed E-state index contributed by atoms with van der Waals surface area (Å²) in [5, 5.41) is 6.63. The summed E-state index contributed by atoms with van der Waals surface area (Å²) in [6, 6.07) is 0. The van der Waals surface area contributed by atoms with E-state index in [1.165, 1.54) is 19.3 Å². The van der Waals surface area contributed by atoms with Crippen LogP contribution in [0.5, 0.6) is 0 Å². The van der Waals surface area contributed by atoms with Gasteiger partial charge in [-0.25, -0.2) is 0 Å². The highest BCUT2D eigenvalue weighted by Gasteiger charge is 2.28. The first kappa shape index (κ1) is 13.8. The molecule has 0 atom stereocenters. The van der Waals surface area contributed by atoms with Crippen molar-refractivity contribution < 1.29 is 4.79 Å². The Hall–Kier alpha value is -0.610. The molecule has 18 heavy (non-hydrogen) atoms. The molecule has 2 N–H and O–H groups in total. The second kappa shape index (κ2) is 6.53. The molecule has 1 saturated heterocycles. The zero-order valence-corrected chi connectivity index (χ0v) is 11.6. The standard InChI is InChI=1S/C14H27N3O/c1-14(6-3-2-4-7-14)16-13(18)12-17-10-5-8-15-9-11-17/h15H,2-12H2,1H3,(H,16,18). The van der Waals surface area contributed by atoms with Crippen molar-refractivity contribution in [1.29, 1.82) is 0 Å². The van der Waals surface area contributed by atoms with Crippen molar-refractivity contribution in [3.63, 3.8) is 0 Å². The van der Waals surface area contributed by atoms with Crippen LogP contribution < -0.4 is 10.6 Å². The number of nitrogens with one attached hydrogen (secondary N) is 2. The second-order valence-corrected chi connectivity index (χ2v) is 6.05. The summed E-state index contributed by atoms with van der Waals surface area (Å²) in [6.07, 6.45) is 7.25. The molecule has 0 unspecified atom stereocenters. The van der Waals surface area contributed by atoms with E-state index in [0.29, 0.717) is 6.54 Å². The number of carbonyl (C=O) groups is 1. The van der Waals surface area contributed by atoms with Crippen molar-refractivity contribution in [3.8, 4) is 0 Å². The fourth-order valence-corrected chi connectivity index (χ4v) is 3.10. The van der Waals surface area contributed by atoms with Crippen LogP contribution in [0.4, 0.5) is 0 Å². The van der Waals surface area contributed by atoms with Crippen LogP contribution in [-0.4, -0.2) is 49.1 Å². The Labute approximate surface area is 110 Å². The molecule has 0 bridgehead atoms. The van der Waals surface area contributed by atoms with Gasteiger partial charge in [-0.1, -0.05) is 19.3 Å². The molecule has 4 heteroatoms. The summed E-state index contributed by atoms with van der Waals surface area (Å²) < 4.78 is 0. The van der Waals surface area contributed by atoms with Gasteiger partial charge in [0.1, 0.15) is 0 Å². The van der Waals surface area contributed by atoms with Crippen LogP contribution >= 0.6 is 0 Å². The Morgan fingerprint density at radius 2 is 1.94 bits per heavy atom. The van der Waals surface area contributed by atoms with E-state index >= 15 is 0 Å². The third-order valence-corrected chi connectivity index (χ3v) is 4.20. The van der Waals surface area contributed by atoms with Gasteiger partial charge >= 0.3 is 0 Å². The van der Waals surface area contributed by atoms with Crippen LogP contribution in [0.3, 0.4) is 0 Å². The van der Waals surface area contributed by atoms with E-state index in [4.69, 9.17) is 0 Å². The van der Waals surface area contributed by atoms with Gasteiger partial charge in [-0.05, 0) is 39.3 Å². The molecule has 1 aliphatic heterocycles. The zero-order valence-electron chi connectivity index (χ0n) is 11.6. The summed E-state index contributed by atoms with van der Waals surface area (Å²) in [6.45, 7) is 6.88. The molecule has 1 amide bonds. The maximum atomic E-state index is 12.1. The molecule has 1 saturated carbocycles. The predicted molar refractivity (Wildman–Crippen MR) is 73.6 cm³/mol. The highest BCUT2D eigenvalue weighted by atomic mass is 16.2. The molecule has 0 radical (unpaired) electrons. The SMILES string of the molecule is CC1(NC(=O)CN2CCCNCC2)CCCCC1. The number of hydrogen-bond donors (Lipinski definition) is 2. The lowest BCUT2D eigenvalue weighted by Crippen LogP contribution is -2.50. The number of rotatable bonds is 3. The quantitative estimate of drug-likeness (QED) is 0.792. The molecule has 0 spiro atoms. The average molecular weight is 253 g/mol. The maximum absolute atomic E-state index is 12.1. The molecule has 1 aliphatic carbocycles. The number of amides is 1. The topological polar surface area (TPSA) is 44.4 Å². The predicted octanol–water partition coefficient (Wildman–Crippen LogP) is 1.12. The molecule has 104 valence electrons. The number of carbonyl (C=O) groups excluding carboxylic acids is 1. The lowest BCUT2D eigenvalue weighted by atomic mass is 9.83. The van der Waals surface area contributed by atoms with Gasteiger partial charge in [0, 0.05) is 18.6 Å². The molecular weight excluding hydrogens is 226 g/mol. The van der Waals surface area contributed by atoms with Gasteiger partial charge in [0.25, 0.3) is 0 Å². The smallest absolute Gasteiger partial charge is 0.234 e. The average Bonchev–Trinajstić information content (AvgIpc) is 2.57. The largest absolute Gasteiger partial charge is 0.350 e. The minimum atomic E-state index is 0.0550. The van der Waals surface area contributed by atoms with Gasteiger partial charge in [-0.15, -0.1) is 0 Å². The minimum Gasteiger partial charge on any atom is -0.350 e. The zero-order chi connectivity index (χ0) is 12.8. The van der Waals surface area contributed by atoms with Crippen LogP contribution in [0.1, 0.15) is 45.4 Å². The molecule has 0 aromatic carbocycles. The number of nitrogens with zero attached hydrogens (tertiary/aromatic N) is 1. The Kier molecular flexibility index (Phi) is 5.01. The van der Waals surface area contributed by atoms with Crippen molar-refractivity contribution >= 4 is 5.91 Å². The summed E-state index contributed by atoms with van der Waals surface area (Å²) in [4.78, 5) is 14.4. The Morgan fingerprint density at radius 3 is 2.72 bits per heavy atom. The van der Waals surface area contributed by atoms with Crippen LogP contribution in [0.25, 0.3) is 0 Å². The minimum absolute atomic E-state index is 0.0550. The molecule has 0 aromatic heterocycles. The molecule has 1 heterocycles. The van der Waals surface area contributed by atoms with Crippen LogP contribution in [0.2, 0.25) is 0 Å². The van der Waals surface area contributed by atoms with E-state index in [-0.39, 0.29) is 11.4 Å². The molecule has 4 nitrogen and oxygen atoms in total. The van der Waals surface area contributed by atoms with E-state index in [1.807, 2.05) is 0 Å².